The second-order valence-electron chi connectivity index (χ2n) is 10.7. The number of nitrogens with zero attached hydrogens (tertiary/aromatic N) is 2. The average molecular weight is 491 g/mol. The van der Waals surface area contributed by atoms with Crippen LogP contribution >= 0.6 is 0 Å². The van der Waals surface area contributed by atoms with E-state index in [1.54, 1.807) is 19.9 Å². The maximum absolute atomic E-state index is 13.5. The molecule has 0 atom stereocenters. The summed E-state index contributed by atoms with van der Waals surface area (Å²) in [4.78, 5) is 32.0. The minimum atomic E-state index is -1.31. The Labute approximate surface area is 214 Å². The van der Waals surface area contributed by atoms with Crippen molar-refractivity contribution in [3.8, 4) is 16.9 Å². The molecule has 36 heavy (non-hydrogen) atoms. The molecule has 4 rings (SSSR count). The van der Waals surface area contributed by atoms with Crippen LogP contribution in [0.3, 0.4) is 0 Å². The molecule has 0 unspecified atom stereocenters. The fraction of sp³-hybridized carbons (Fsp3) is 0.500. The third-order valence-corrected chi connectivity index (χ3v) is 7.44. The van der Waals surface area contributed by atoms with Gasteiger partial charge in [0.05, 0.1) is 6.54 Å². The Kier molecular flexibility index (Phi) is 7.53. The summed E-state index contributed by atoms with van der Waals surface area (Å²) < 4.78 is 5.75. The molecule has 0 radical (unpaired) electrons. The first kappa shape index (κ1) is 25.9. The number of rotatable bonds is 9. The number of carbonyl (C=O) groups excluding carboxylic acids is 1. The number of aliphatic imine (C=N–C) groups is 1. The van der Waals surface area contributed by atoms with Gasteiger partial charge in [0.25, 0.3) is 5.91 Å². The van der Waals surface area contributed by atoms with Gasteiger partial charge < -0.3 is 9.84 Å². The molecule has 1 amide bonds. The van der Waals surface area contributed by atoms with Crippen LogP contribution in [0.2, 0.25) is 0 Å². The molecule has 1 aliphatic heterocycles. The number of unbranched alkanes of at least 4 members (excludes halogenated alkanes) is 1. The number of amides is 1. The van der Waals surface area contributed by atoms with E-state index < -0.39 is 17.1 Å². The summed E-state index contributed by atoms with van der Waals surface area (Å²) in [7, 11) is 0. The number of aliphatic carboxylic acids is 1. The molecule has 2 aromatic carbocycles. The number of carbonyl (C=O) groups is 2. The van der Waals surface area contributed by atoms with Crippen LogP contribution in [0.4, 0.5) is 0 Å². The summed E-state index contributed by atoms with van der Waals surface area (Å²) in [6.45, 7) is 7.82. The number of carboxylic acids is 1. The first-order valence-electron chi connectivity index (χ1n) is 13.2. The number of amidine groups is 1. The van der Waals surface area contributed by atoms with Crippen molar-refractivity contribution in [3.63, 3.8) is 0 Å². The highest BCUT2D eigenvalue weighted by Crippen LogP contribution is 2.39. The molecule has 1 fully saturated rings. The molecular formula is C30H38N2O4. The van der Waals surface area contributed by atoms with Crippen molar-refractivity contribution in [2.24, 2.45) is 4.99 Å². The zero-order valence-corrected chi connectivity index (χ0v) is 22.0. The van der Waals surface area contributed by atoms with Gasteiger partial charge in [0.2, 0.25) is 0 Å². The molecule has 2 aromatic rings. The van der Waals surface area contributed by atoms with E-state index >= 15 is 0 Å². The number of hydrogen-bond donors (Lipinski definition) is 1. The molecule has 1 N–H and O–H groups in total. The van der Waals surface area contributed by atoms with Gasteiger partial charge in [-0.05, 0) is 74.4 Å². The Morgan fingerprint density at radius 3 is 2.44 bits per heavy atom. The summed E-state index contributed by atoms with van der Waals surface area (Å²) in [6, 6.07) is 13.9. The van der Waals surface area contributed by atoms with Gasteiger partial charge in [-0.25, -0.2) is 4.79 Å². The van der Waals surface area contributed by atoms with Crippen LogP contribution < -0.4 is 4.74 Å². The van der Waals surface area contributed by atoms with E-state index in [1.807, 2.05) is 24.0 Å². The summed E-state index contributed by atoms with van der Waals surface area (Å²) in [5, 5.41) is 9.40. The van der Waals surface area contributed by atoms with Crippen LogP contribution in [0.5, 0.6) is 5.75 Å². The van der Waals surface area contributed by atoms with Gasteiger partial charge in [0.1, 0.15) is 17.1 Å². The fourth-order valence-electron chi connectivity index (χ4n) is 5.16. The molecule has 1 saturated carbocycles. The molecular weight excluding hydrogens is 452 g/mol. The van der Waals surface area contributed by atoms with Crippen molar-refractivity contribution in [2.45, 2.75) is 96.7 Å². The second kappa shape index (κ2) is 10.5. The summed E-state index contributed by atoms with van der Waals surface area (Å²) in [6.07, 6.45) is 8.04. The number of benzene rings is 2. The number of ether oxygens (including phenoxy) is 1. The van der Waals surface area contributed by atoms with Crippen molar-refractivity contribution in [1.29, 1.82) is 0 Å². The standard InChI is InChI=1S/C30H38N2O4/c1-5-6-10-26-31-30(17-8-7-9-18-30)27(33)32(26)20-22-12-14-23(15-13-22)25-19-24(16-11-21(25)2)36-29(3,4)28(34)35/h11-16,19H,5-10,17-18,20H2,1-4H3,(H,34,35). The van der Waals surface area contributed by atoms with Gasteiger partial charge in [0.15, 0.2) is 5.60 Å². The van der Waals surface area contributed by atoms with E-state index in [0.717, 1.165) is 73.0 Å². The summed E-state index contributed by atoms with van der Waals surface area (Å²) in [5.41, 5.74) is 2.32. The van der Waals surface area contributed by atoms with Crippen molar-refractivity contribution in [3.05, 3.63) is 53.6 Å². The minimum absolute atomic E-state index is 0.180. The molecule has 6 heteroatoms. The SMILES string of the molecule is CCCCC1=NC2(CCCCC2)C(=O)N1Cc1ccc(-c2cc(OC(C)(C)C(=O)O)ccc2C)cc1. The van der Waals surface area contributed by atoms with Gasteiger partial charge in [-0.2, -0.15) is 0 Å². The van der Waals surface area contributed by atoms with E-state index in [1.165, 1.54) is 6.42 Å². The van der Waals surface area contributed by atoms with Crippen LogP contribution in [-0.2, 0) is 16.1 Å². The Balaban J connectivity index is 1.53. The monoisotopic (exact) mass is 490 g/mol. The molecule has 6 nitrogen and oxygen atoms in total. The van der Waals surface area contributed by atoms with Gasteiger partial charge in [-0.15, -0.1) is 0 Å². The third-order valence-electron chi connectivity index (χ3n) is 7.44. The number of carboxylic acid groups (broad SMARTS) is 1. The Bertz CT molecular complexity index is 1140. The van der Waals surface area contributed by atoms with E-state index in [4.69, 9.17) is 9.73 Å². The highest BCUT2D eigenvalue weighted by atomic mass is 16.5. The molecule has 0 saturated heterocycles. The topological polar surface area (TPSA) is 79.2 Å². The van der Waals surface area contributed by atoms with Crippen LogP contribution in [0.1, 0.15) is 83.3 Å². The number of hydrogen-bond acceptors (Lipinski definition) is 4. The fourth-order valence-corrected chi connectivity index (χ4v) is 5.16. The Morgan fingerprint density at radius 1 is 1.11 bits per heavy atom. The highest BCUT2D eigenvalue weighted by molar-refractivity contribution is 6.08. The van der Waals surface area contributed by atoms with Crippen molar-refractivity contribution >= 4 is 17.7 Å². The first-order valence-corrected chi connectivity index (χ1v) is 13.2. The zero-order chi connectivity index (χ0) is 25.9. The lowest BCUT2D eigenvalue weighted by atomic mass is 9.82. The van der Waals surface area contributed by atoms with Crippen LogP contribution in [0.15, 0.2) is 47.5 Å². The summed E-state index contributed by atoms with van der Waals surface area (Å²) >= 11 is 0. The maximum atomic E-state index is 13.5. The molecule has 1 aliphatic carbocycles. The smallest absolute Gasteiger partial charge is 0.347 e. The van der Waals surface area contributed by atoms with Crippen molar-refractivity contribution in [1.82, 2.24) is 4.90 Å². The lowest BCUT2D eigenvalue weighted by Crippen LogP contribution is -2.43. The van der Waals surface area contributed by atoms with Crippen molar-refractivity contribution in [2.75, 3.05) is 0 Å². The van der Waals surface area contributed by atoms with Gasteiger partial charge in [-0.1, -0.05) is 62.9 Å². The molecule has 1 heterocycles. The maximum Gasteiger partial charge on any atom is 0.347 e. The molecule has 1 spiro atoms. The van der Waals surface area contributed by atoms with E-state index in [0.29, 0.717) is 12.3 Å². The number of aryl methyl sites for hydroxylation is 1. The lowest BCUT2D eigenvalue weighted by molar-refractivity contribution is -0.152. The molecule has 0 aromatic heterocycles. The van der Waals surface area contributed by atoms with Gasteiger partial charge in [0, 0.05) is 6.42 Å². The van der Waals surface area contributed by atoms with E-state index in [2.05, 4.69) is 31.2 Å². The van der Waals surface area contributed by atoms with E-state index in [9.17, 15) is 14.7 Å². The summed E-state index contributed by atoms with van der Waals surface area (Å²) in [5.74, 6) is 0.639. The average Bonchev–Trinajstić information content (AvgIpc) is 3.10. The highest BCUT2D eigenvalue weighted by Gasteiger charge is 2.48. The quantitative estimate of drug-likeness (QED) is 0.433. The molecule has 192 valence electrons. The van der Waals surface area contributed by atoms with E-state index in [-0.39, 0.29) is 5.91 Å². The second-order valence-corrected chi connectivity index (χ2v) is 10.7. The normalized spacial score (nSPS) is 17.4. The first-order chi connectivity index (χ1) is 17.1. The van der Waals surface area contributed by atoms with Crippen LogP contribution in [0, 0.1) is 6.92 Å². The van der Waals surface area contributed by atoms with Crippen LogP contribution in [0.25, 0.3) is 11.1 Å². The Morgan fingerprint density at radius 2 is 1.81 bits per heavy atom. The minimum Gasteiger partial charge on any atom is -0.478 e. The predicted molar refractivity (Wildman–Crippen MR) is 142 cm³/mol. The largest absolute Gasteiger partial charge is 0.478 e. The van der Waals surface area contributed by atoms with Crippen molar-refractivity contribution < 1.29 is 19.4 Å². The van der Waals surface area contributed by atoms with Gasteiger partial charge >= 0.3 is 5.97 Å². The molecule has 2 aliphatic rings. The predicted octanol–water partition coefficient (Wildman–Crippen LogP) is 6.54. The van der Waals surface area contributed by atoms with Crippen LogP contribution in [-0.4, -0.2) is 38.9 Å². The third kappa shape index (κ3) is 5.32. The lowest BCUT2D eigenvalue weighted by Gasteiger charge is -2.29. The zero-order valence-electron chi connectivity index (χ0n) is 22.0. The Hall–Kier alpha value is -3.15. The van der Waals surface area contributed by atoms with Gasteiger partial charge in [-0.3, -0.25) is 14.7 Å². The molecule has 0 bridgehead atoms.